The Balaban J connectivity index is 2.94. The lowest BCUT2D eigenvalue weighted by molar-refractivity contribution is 1.22. The Kier molecular flexibility index (Phi) is 2.55. The minimum Gasteiger partial charge on any atom is -0.252 e. The van der Waals surface area contributed by atoms with Crippen molar-refractivity contribution in [1.29, 1.82) is 0 Å². The lowest BCUT2D eigenvalue weighted by Crippen LogP contribution is -1.89. The molecule has 0 unspecified atom stereocenters. The maximum atomic E-state index is 4.48. The fourth-order valence-corrected chi connectivity index (χ4v) is 2.41. The van der Waals surface area contributed by atoms with E-state index in [1.54, 1.807) is 0 Å². The number of benzene rings is 1. The molecule has 0 saturated carbocycles. The van der Waals surface area contributed by atoms with Crippen molar-refractivity contribution in [1.82, 2.24) is 4.98 Å². The largest absolute Gasteiger partial charge is 0.252 e. The van der Waals surface area contributed by atoms with Crippen LogP contribution in [0.2, 0.25) is 0 Å². The van der Waals surface area contributed by atoms with Gasteiger partial charge < -0.3 is 0 Å². The van der Waals surface area contributed by atoms with E-state index < -0.39 is 0 Å². The fourth-order valence-electron chi connectivity index (χ4n) is 1.26. The second-order valence-electron chi connectivity index (χ2n) is 2.84. The Morgan fingerprint density at radius 1 is 1.31 bits per heavy atom. The quantitative estimate of drug-likeness (QED) is 0.658. The zero-order chi connectivity index (χ0) is 9.42. The van der Waals surface area contributed by atoms with Gasteiger partial charge in [-0.25, -0.2) is 0 Å². The molecule has 3 heteroatoms. The summed E-state index contributed by atoms with van der Waals surface area (Å²) in [7, 11) is 0. The molecule has 13 heavy (non-hydrogen) atoms. The van der Waals surface area contributed by atoms with Gasteiger partial charge in [0.25, 0.3) is 0 Å². The first-order chi connectivity index (χ1) is 6.20. The number of aromatic nitrogens is 1. The lowest BCUT2D eigenvalue weighted by Gasteiger charge is -2.04. The van der Waals surface area contributed by atoms with Crippen LogP contribution in [-0.2, 0) is 0 Å². The van der Waals surface area contributed by atoms with Gasteiger partial charge in [-0.05, 0) is 51.5 Å². The molecule has 0 aliphatic heterocycles. The van der Waals surface area contributed by atoms with Gasteiger partial charge in [-0.3, -0.25) is 4.98 Å². The van der Waals surface area contributed by atoms with Crippen LogP contribution >= 0.6 is 38.5 Å². The van der Waals surface area contributed by atoms with Crippen LogP contribution < -0.4 is 0 Å². The number of halogens is 2. The van der Waals surface area contributed by atoms with Crippen LogP contribution in [0.1, 0.15) is 5.69 Å². The van der Waals surface area contributed by atoms with Gasteiger partial charge in [-0.15, -0.1) is 0 Å². The summed E-state index contributed by atoms with van der Waals surface area (Å²) in [4.78, 5) is 4.48. The van der Waals surface area contributed by atoms with Crippen LogP contribution in [0.15, 0.2) is 28.7 Å². The van der Waals surface area contributed by atoms with Crippen LogP contribution in [0.25, 0.3) is 10.9 Å². The van der Waals surface area contributed by atoms with Gasteiger partial charge in [-0.2, -0.15) is 0 Å². The second kappa shape index (κ2) is 3.53. The highest BCUT2D eigenvalue weighted by Crippen LogP contribution is 2.28. The van der Waals surface area contributed by atoms with E-state index in [-0.39, 0.29) is 0 Å². The summed E-state index contributed by atoms with van der Waals surface area (Å²) in [6, 6.07) is 8.18. The van der Waals surface area contributed by atoms with E-state index in [2.05, 4.69) is 49.6 Å². The second-order valence-corrected chi connectivity index (χ2v) is 4.71. The summed E-state index contributed by atoms with van der Waals surface area (Å²) in [6.45, 7) is 2.01. The van der Waals surface area contributed by atoms with E-state index in [9.17, 15) is 0 Å². The summed E-state index contributed by atoms with van der Waals surface area (Å²) in [5, 5.41) is 1.21. The first-order valence-corrected chi connectivity index (χ1v) is 5.77. The Morgan fingerprint density at radius 2 is 2.00 bits per heavy atom. The molecule has 0 radical (unpaired) electrons. The zero-order valence-electron chi connectivity index (χ0n) is 7.01. The predicted molar refractivity (Wildman–Crippen MR) is 66.9 cm³/mol. The highest BCUT2D eigenvalue weighted by molar-refractivity contribution is 14.1. The van der Waals surface area contributed by atoms with E-state index in [4.69, 9.17) is 0 Å². The van der Waals surface area contributed by atoms with Crippen molar-refractivity contribution in [3.63, 3.8) is 0 Å². The average Bonchev–Trinajstić information content (AvgIpc) is 2.15. The normalized spacial score (nSPS) is 10.7. The average molecular weight is 348 g/mol. The molecule has 0 atom stereocenters. The van der Waals surface area contributed by atoms with E-state index in [1.165, 1.54) is 8.96 Å². The van der Waals surface area contributed by atoms with Gasteiger partial charge in [-0.1, -0.05) is 18.2 Å². The third-order valence-corrected chi connectivity index (χ3v) is 4.77. The van der Waals surface area contributed by atoms with E-state index >= 15 is 0 Å². The van der Waals surface area contributed by atoms with Gasteiger partial charge in [0.15, 0.2) is 0 Å². The standard InChI is InChI=1S/C10H7BrIN/c1-6-9(11)10(12)7-4-2-3-5-8(7)13-6/h2-5H,1H3. The summed E-state index contributed by atoms with van der Waals surface area (Å²) in [6.07, 6.45) is 0. The lowest BCUT2D eigenvalue weighted by atomic mass is 10.2. The molecule has 2 aromatic rings. The molecule has 0 saturated heterocycles. The number of fused-ring (bicyclic) bond motifs is 1. The maximum absolute atomic E-state index is 4.48. The summed E-state index contributed by atoms with van der Waals surface area (Å²) < 4.78 is 2.34. The molecule has 1 nitrogen and oxygen atoms in total. The molecule has 0 bridgehead atoms. The highest BCUT2D eigenvalue weighted by Gasteiger charge is 2.06. The van der Waals surface area contributed by atoms with Crippen molar-refractivity contribution < 1.29 is 0 Å². The molecule has 0 amide bonds. The number of nitrogens with zero attached hydrogens (tertiary/aromatic N) is 1. The van der Waals surface area contributed by atoms with Crippen LogP contribution in [0, 0.1) is 10.5 Å². The fraction of sp³-hybridized carbons (Fsp3) is 0.100. The van der Waals surface area contributed by atoms with Crippen LogP contribution in [0.4, 0.5) is 0 Å². The van der Waals surface area contributed by atoms with Crippen molar-refractivity contribution in [3.05, 3.63) is 38.0 Å². The van der Waals surface area contributed by atoms with E-state index in [1.807, 2.05) is 25.1 Å². The third-order valence-electron chi connectivity index (χ3n) is 1.94. The van der Waals surface area contributed by atoms with Gasteiger partial charge in [0.2, 0.25) is 0 Å². The van der Waals surface area contributed by atoms with Gasteiger partial charge in [0.1, 0.15) is 0 Å². The molecule has 1 aromatic carbocycles. The zero-order valence-corrected chi connectivity index (χ0v) is 10.8. The smallest absolute Gasteiger partial charge is 0.0716 e. The van der Waals surface area contributed by atoms with Gasteiger partial charge in [0.05, 0.1) is 15.7 Å². The SMILES string of the molecule is Cc1nc2ccccc2c(I)c1Br. The molecular formula is C10H7BrIN. The van der Waals surface area contributed by atoms with Crippen molar-refractivity contribution in [2.45, 2.75) is 6.92 Å². The number of hydrogen-bond acceptors (Lipinski definition) is 1. The van der Waals surface area contributed by atoms with Crippen LogP contribution in [-0.4, -0.2) is 4.98 Å². The summed E-state index contributed by atoms with van der Waals surface area (Å²) >= 11 is 5.87. The summed E-state index contributed by atoms with van der Waals surface area (Å²) in [5.74, 6) is 0. The van der Waals surface area contributed by atoms with Crippen molar-refractivity contribution in [3.8, 4) is 0 Å². The summed E-state index contributed by atoms with van der Waals surface area (Å²) in [5.41, 5.74) is 2.11. The Labute approximate surface area is 98.8 Å². The number of para-hydroxylation sites is 1. The Morgan fingerprint density at radius 3 is 2.77 bits per heavy atom. The Hall–Kier alpha value is -0.160. The molecule has 0 fully saturated rings. The van der Waals surface area contributed by atoms with E-state index in [0.29, 0.717) is 0 Å². The molecular weight excluding hydrogens is 341 g/mol. The molecule has 2 rings (SSSR count). The number of aryl methyl sites for hydroxylation is 1. The van der Waals surface area contributed by atoms with Crippen LogP contribution in [0.5, 0.6) is 0 Å². The number of hydrogen-bond donors (Lipinski definition) is 0. The maximum Gasteiger partial charge on any atom is 0.0716 e. The highest BCUT2D eigenvalue weighted by atomic mass is 127. The molecule has 0 aliphatic carbocycles. The number of pyridine rings is 1. The minimum absolute atomic E-state index is 1.04. The van der Waals surface area contributed by atoms with Crippen molar-refractivity contribution in [2.24, 2.45) is 0 Å². The molecule has 0 spiro atoms. The Bertz CT molecular complexity index is 468. The van der Waals surface area contributed by atoms with Gasteiger partial charge >= 0.3 is 0 Å². The molecule has 0 N–H and O–H groups in total. The molecule has 1 aromatic heterocycles. The monoisotopic (exact) mass is 347 g/mol. The van der Waals surface area contributed by atoms with Gasteiger partial charge in [0, 0.05) is 8.96 Å². The van der Waals surface area contributed by atoms with Crippen LogP contribution in [0.3, 0.4) is 0 Å². The first-order valence-electron chi connectivity index (χ1n) is 3.90. The number of rotatable bonds is 0. The predicted octanol–water partition coefficient (Wildman–Crippen LogP) is 3.91. The van der Waals surface area contributed by atoms with Crippen molar-refractivity contribution in [2.75, 3.05) is 0 Å². The minimum atomic E-state index is 1.04. The third kappa shape index (κ3) is 1.59. The van der Waals surface area contributed by atoms with Crippen molar-refractivity contribution >= 4 is 49.4 Å². The molecule has 66 valence electrons. The molecule has 1 heterocycles. The molecule has 0 aliphatic rings. The first kappa shape index (κ1) is 9.40. The van der Waals surface area contributed by atoms with E-state index in [0.717, 1.165) is 15.7 Å². The topological polar surface area (TPSA) is 12.9 Å².